The van der Waals surface area contributed by atoms with Crippen LogP contribution in [0.1, 0.15) is 0 Å². The molecule has 0 spiro atoms. The van der Waals surface area contributed by atoms with Crippen molar-refractivity contribution in [1.82, 2.24) is 0 Å². The number of hydrogen-bond acceptors (Lipinski definition) is 3. The Balaban J connectivity index is 2.61. The Labute approximate surface area is 60.7 Å². The topological polar surface area (TPSA) is 49.7 Å². The van der Waals surface area contributed by atoms with Gasteiger partial charge in [-0.1, -0.05) is 6.58 Å². The van der Waals surface area contributed by atoms with E-state index >= 15 is 0 Å². The molecule has 0 unspecified atom stereocenters. The SMILES string of the molecule is [B][C@@H]1O[C@H](CO)[C@H](O)C1=C. The van der Waals surface area contributed by atoms with E-state index in [1.54, 1.807) is 0 Å². The van der Waals surface area contributed by atoms with Gasteiger partial charge < -0.3 is 14.9 Å². The van der Waals surface area contributed by atoms with Gasteiger partial charge in [-0.2, -0.15) is 0 Å². The van der Waals surface area contributed by atoms with E-state index in [1.807, 2.05) is 0 Å². The summed E-state index contributed by atoms with van der Waals surface area (Å²) in [5.41, 5.74) is 0.430. The molecule has 1 aliphatic rings. The van der Waals surface area contributed by atoms with Crippen molar-refractivity contribution in [3.05, 3.63) is 12.2 Å². The molecule has 1 saturated heterocycles. The van der Waals surface area contributed by atoms with E-state index in [0.29, 0.717) is 5.57 Å². The minimum atomic E-state index is -0.819. The monoisotopic (exact) mass is 140 g/mol. The number of ether oxygens (including phenoxy) is 1. The molecule has 2 N–H and O–H groups in total. The largest absolute Gasteiger partial charge is 0.394 e. The fraction of sp³-hybridized carbons (Fsp3) is 0.667. The van der Waals surface area contributed by atoms with Crippen LogP contribution in [0, 0.1) is 0 Å². The van der Waals surface area contributed by atoms with Crippen molar-refractivity contribution in [2.45, 2.75) is 18.2 Å². The Morgan fingerprint density at radius 2 is 2.30 bits per heavy atom. The van der Waals surface area contributed by atoms with Crippen LogP contribution in [-0.4, -0.2) is 42.9 Å². The van der Waals surface area contributed by atoms with Gasteiger partial charge in [-0.05, 0) is 5.57 Å². The normalized spacial score (nSPS) is 40.6. The Morgan fingerprint density at radius 1 is 1.70 bits per heavy atom. The maximum Gasteiger partial charge on any atom is 0.115 e. The molecule has 4 heteroatoms. The van der Waals surface area contributed by atoms with E-state index < -0.39 is 18.2 Å². The summed E-state index contributed by atoms with van der Waals surface area (Å²) in [5.74, 6) is 0. The lowest BCUT2D eigenvalue weighted by Gasteiger charge is -2.08. The van der Waals surface area contributed by atoms with Gasteiger partial charge in [0.2, 0.25) is 0 Å². The number of aliphatic hydroxyl groups excluding tert-OH is 2. The first-order valence-corrected chi connectivity index (χ1v) is 3.05. The van der Waals surface area contributed by atoms with Gasteiger partial charge in [0.05, 0.1) is 6.61 Å². The van der Waals surface area contributed by atoms with Gasteiger partial charge in [0.25, 0.3) is 0 Å². The van der Waals surface area contributed by atoms with Crippen molar-refractivity contribution < 1.29 is 14.9 Å². The molecule has 2 radical (unpaired) electrons. The molecule has 0 bridgehead atoms. The van der Waals surface area contributed by atoms with E-state index in [9.17, 15) is 0 Å². The second kappa shape index (κ2) is 2.74. The quantitative estimate of drug-likeness (QED) is 0.355. The van der Waals surface area contributed by atoms with Crippen LogP contribution in [-0.2, 0) is 4.74 Å². The zero-order valence-corrected chi connectivity index (χ0v) is 5.53. The van der Waals surface area contributed by atoms with Crippen LogP contribution in [0.15, 0.2) is 12.2 Å². The van der Waals surface area contributed by atoms with Gasteiger partial charge in [0.15, 0.2) is 0 Å². The Bertz CT molecular complexity index is 148. The van der Waals surface area contributed by atoms with Crippen LogP contribution in [0.25, 0.3) is 0 Å². The highest BCUT2D eigenvalue weighted by Crippen LogP contribution is 2.22. The zero-order chi connectivity index (χ0) is 7.72. The maximum atomic E-state index is 9.16. The summed E-state index contributed by atoms with van der Waals surface area (Å²) < 4.78 is 4.91. The lowest BCUT2D eigenvalue weighted by Crippen LogP contribution is -2.25. The third kappa shape index (κ3) is 1.10. The van der Waals surface area contributed by atoms with Crippen LogP contribution in [0.4, 0.5) is 0 Å². The van der Waals surface area contributed by atoms with Crippen LogP contribution >= 0.6 is 0 Å². The summed E-state index contributed by atoms with van der Waals surface area (Å²) in [6, 6.07) is -0.632. The third-order valence-electron chi connectivity index (χ3n) is 1.60. The smallest absolute Gasteiger partial charge is 0.115 e. The van der Waals surface area contributed by atoms with Crippen LogP contribution in [0.3, 0.4) is 0 Å². The predicted octanol–water partition coefficient (Wildman–Crippen LogP) is -1.21. The summed E-state index contributed by atoms with van der Waals surface area (Å²) >= 11 is 0. The minimum Gasteiger partial charge on any atom is -0.394 e. The van der Waals surface area contributed by atoms with Crippen molar-refractivity contribution in [2.75, 3.05) is 6.61 Å². The molecule has 3 atom stereocenters. The number of aliphatic hydroxyl groups is 2. The van der Waals surface area contributed by atoms with Gasteiger partial charge in [0, 0.05) is 6.00 Å². The molecule has 1 fully saturated rings. The molecule has 0 aromatic rings. The first-order valence-electron chi connectivity index (χ1n) is 3.05. The van der Waals surface area contributed by atoms with Crippen LogP contribution in [0.2, 0.25) is 0 Å². The van der Waals surface area contributed by atoms with Gasteiger partial charge in [-0.3, -0.25) is 0 Å². The fourth-order valence-corrected chi connectivity index (χ4v) is 0.900. The third-order valence-corrected chi connectivity index (χ3v) is 1.60. The lowest BCUT2D eigenvalue weighted by molar-refractivity contribution is -0.00353. The highest BCUT2D eigenvalue weighted by Gasteiger charge is 2.33. The lowest BCUT2D eigenvalue weighted by atomic mass is 9.92. The molecule has 1 rings (SSSR count). The van der Waals surface area contributed by atoms with Crippen molar-refractivity contribution >= 4 is 7.85 Å². The number of hydrogen-bond donors (Lipinski definition) is 2. The molecule has 0 amide bonds. The van der Waals surface area contributed by atoms with E-state index in [4.69, 9.17) is 22.8 Å². The molecule has 0 aliphatic carbocycles. The van der Waals surface area contributed by atoms with Crippen LogP contribution in [0.5, 0.6) is 0 Å². The van der Waals surface area contributed by atoms with Crippen LogP contribution < -0.4 is 0 Å². The van der Waals surface area contributed by atoms with E-state index in [0.717, 1.165) is 0 Å². The first kappa shape index (κ1) is 7.79. The Kier molecular flexibility index (Phi) is 2.13. The number of rotatable bonds is 1. The molecule has 0 saturated carbocycles. The van der Waals surface area contributed by atoms with E-state index in [-0.39, 0.29) is 6.61 Å². The molecule has 0 aromatic heterocycles. The van der Waals surface area contributed by atoms with Crippen molar-refractivity contribution in [1.29, 1.82) is 0 Å². The molecule has 1 aliphatic heterocycles. The first-order chi connectivity index (χ1) is 4.66. The van der Waals surface area contributed by atoms with Gasteiger partial charge in [-0.25, -0.2) is 0 Å². The standard InChI is InChI=1S/C6H9BO3/c1-3-5(9)4(2-8)10-6(3)7/h4-6,8-9H,1-2H2/t4-,5-,6-/m1/s1. The second-order valence-corrected chi connectivity index (χ2v) is 2.30. The van der Waals surface area contributed by atoms with Gasteiger partial charge >= 0.3 is 0 Å². The highest BCUT2D eigenvalue weighted by molar-refractivity contribution is 6.13. The Morgan fingerprint density at radius 3 is 2.50 bits per heavy atom. The average molecular weight is 140 g/mol. The molecular weight excluding hydrogens is 131 g/mol. The van der Waals surface area contributed by atoms with E-state index in [1.165, 1.54) is 0 Å². The second-order valence-electron chi connectivity index (χ2n) is 2.30. The van der Waals surface area contributed by atoms with Crippen molar-refractivity contribution in [2.24, 2.45) is 0 Å². The minimum absolute atomic E-state index is 0.228. The van der Waals surface area contributed by atoms with Gasteiger partial charge in [-0.15, -0.1) is 0 Å². The highest BCUT2D eigenvalue weighted by atomic mass is 16.5. The van der Waals surface area contributed by atoms with E-state index in [2.05, 4.69) is 6.58 Å². The molecule has 0 aromatic carbocycles. The summed E-state index contributed by atoms with van der Waals surface area (Å²) in [6.45, 7) is 3.27. The Hall–Kier alpha value is -0.315. The molecule has 54 valence electrons. The maximum absolute atomic E-state index is 9.16. The summed E-state index contributed by atoms with van der Waals surface area (Å²) in [7, 11) is 5.34. The van der Waals surface area contributed by atoms with Gasteiger partial charge in [0.1, 0.15) is 20.1 Å². The predicted molar refractivity (Wildman–Crippen MR) is 36.6 cm³/mol. The zero-order valence-electron chi connectivity index (χ0n) is 5.53. The summed E-state index contributed by atoms with van der Waals surface area (Å²) in [6.07, 6.45) is -1.41. The molecular formula is C6H9BO3. The summed E-state index contributed by atoms with van der Waals surface area (Å²) in [5, 5.41) is 17.8. The van der Waals surface area contributed by atoms with Crippen molar-refractivity contribution in [3.8, 4) is 0 Å². The van der Waals surface area contributed by atoms with Crippen molar-refractivity contribution in [3.63, 3.8) is 0 Å². The average Bonchev–Trinajstić information content (AvgIpc) is 2.17. The molecule has 3 nitrogen and oxygen atoms in total. The fourth-order valence-electron chi connectivity index (χ4n) is 0.900. The molecule has 1 heterocycles. The molecule has 10 heavy (non-hydrogen) atoms. The summed E-state index contributed by atoms with van der Waals surface area (Å²) in [4.78, 5) is 0.